The van der Waals surface area contributed by atoms with Crippen molar-refractivity contribution in [3.63, 3.8) is 0 Å². The summed E-state index contributed by atoms with van der Waals surface area (Å²) >= 11 is 5.90. The van der Waals surface area contributed by atoms with E-state index >= 15 is 0 Å². The van der Waals surface area contributed by atoms with Crippen LogP contribution in [0.15, 0.2) is 34.9 Å². The molecule has 0 bridgehead atoms. The van der Waals surface area contributed by atoms with E-state index in [1.165, 1.54) is 0 Å². The molecule has 6 heteroatoms. The second-order valence-corrected chi connectivity index (χ2v) is 6.76. The Balaban J connectivity index is 1.58. The highest BCUT2D eigenvalue weighted by Gasteiger charge is 2.21. The fourth-order valence-electron chi connectivity index (χ4n) is 3.19. The lowest BCUT2D eigenvalue weighted by atomic mass is 9.93. The van der Waals surface area contributed by atoms with Crippen LogP contribution in [0.2, 0.25) is 5.02 Å². The predicted octanol–water partition coefficient (Wildman–Crippen LogP) is 4.07. The number of halogens is 1. The molecule has 1 saturated heterocycles. The van der Waals surface area contributed by atoms with Crippen molar-refractivity contribution in [3.05, 3.63) is 41.2 Å². The standard InChI is InChI=1S/C18H21ClN2O3/c19-15-6-4-14(5-7-15)18-20-16(12-24-18)11-21-9-1-2-13(10-21)3-8-17(22)23/h4-7,12-13H,1-3,8-11H2,(H,22,23). The summed E-state index contributed by atoms with van der Waals surface area (Å²) in [6.07, 6.45) is 4.92. The summed E-state index contributed by atoms with van der Waals surface area (Å²) in [6.45, 7) is 2.68. The average molecular weight is 349 g/mol. The van der Waals surface area contributed by atoms with E-state index in [2.05, 4.69) is 9.88 Å². The zero-order valence-electron chi connectivity index (χ0n) is 13.4. The lowest BCUT2D eigenvalue weighted by Crippen LogP contribution is -2.35. The highest BCUT2D eigenvalue weighted by molar-refractivity contribution is 6.30. The average Bonchev–Trinajstić information content (AvgIpc) is 3.02. The molecule has 3 rings (SSSR count). The number of hydrogen-bond acceptors (Lipinski definition) is 4. The van der Waals surface area contributed by atoms with Gasteiger partial charge >= 0.3 is 5.97 Å². The number of piperidine rings is 1. The topological polar surface area (TPSA) is 66.6 Å². The number of benzene rings is 1. The quantitative estimate of drug-likeness (QED) is 0.852. The van der Waals surface area contributed by atoms with Crippen LogP contribution in [0.25, 0.3) is 11.5 Å². The van der Waals surface area contributed by atoms with Gasteiger partial charge in [0.15, 0.2) is 0 Å². The molecule has 0 aliphatic carbocycles. The van der Waals surface area contributed by atoms with E-state index in [1.54, 1.807) is 6.26 Å². The highest BCUT2D eigenvalue weighted by Crippen LogP contribution is 2.24. The minimum absolute atomic E-state index is 0.253. The van der Waals surface area contributed by atoms with E-state index in [0.29, 0.717) is 16.8 Å². The number of hydrogen-bond donors (Lipinski definition) is 1. The van der Waals surface area contributed by atoms with Crippen molar-refractivity contribution in [2.45, 2.75) is 32.2 Å². The lowest BCUT2D eigenvalue weighted by molar-refractivity contribution is -0.137. The molecule has 0 amide bonds. The van der Waals surface area contributed by atoms with Crippen LogP contribution in [-0.4, -0.2) is 34.0 Å². The molecule has 1 aromatic heterocycles. The van der Waals surface area contributed by atoms with Gasteiger partial charge in [-0.1, -0.05) is 11.6 Å². The van der Waals surface area contributed by atoms with Crippen LogP contribution in [0, 0.1) is 5.92 Å². The van der Waals surface area contributed by atoms with Gasteiger partial charge in [0.25, 0.3) is 0 Å². The normalized spacial score (nSPS) is 18.6. The monoisotopic (exact) mass is 348 g/mol. The van der Waals surface area contributed by atoms with Crippen LogP contribution in [-0.2, 0) is 11.3 Å². The summed E-state index contributed by atoms with van der Waals surface area (Å²) < 4.78 is 5.58. The molecular formula is C18H21ClN2O3. The number of carboxylic acids is 1. The summed E-state index contributed by atoms with van der Waals surface area (Å²) in [4.78, 5) is 17.6. The number of carboxylic acid groups (broad SMARTS) is 1. The zero-order chi connectivity index (χ0) is 16.9. The summed E-state index contributed by atoms with van der Waals surface area (Å²) in [6, 6.07) is 7.42. The number of nitrogens with zero attached hydrogens (tertiary/aromatic N) is 2. The SMILES string of the molecule is O=C(O)CCC1CCCN(Cc2coc(-c3ccc(Cl)cc3)n2)C1. The summed E-state index contributed by atoms with van der Waals surface area (Å²) in [5.41, 5.74) is 1.81. The maximum absolute atomic E-state index is 10.7. The Hall–Kier alpha value is -1.85. The van der Waals surface area contributed by atoms with Crippen molar-refractivity contribution in [1.82, 2.24) is 9.88 Å². The molecule has 1 aliphatic heterocycles. The van der Waals surface area contributed by atoms with Crippen molar-refractivity contribution in [3.8, 4) is 11.5 Å². The molecule has 24 heavy (non-hydrogen) atoms. The van der Waals surface area contributed by atoms with E-state index in [1.807, 2.05) is 24.3 Å². The van der Waals surface area contributed by atoms with Crippen molar-refractivity contribution in [1.29, 1.82) is 0 Å². The number of oxazole rings is 1. The molecule has 0 radical (unpaired) electrons. The van der Waals surface area contributed by atoms with Gasteiger partial charge in [-0.05, 0) is 56.0 Å². The third-order valence-corrected chi connectivity index (χ3v) is 4.65. The molecule has 1 N–H and O–H groups in total. The molecule has 0 saturated carbocycles. The van der Waals surface area contributed by atoms with Crippen LogP contribution in [0.5, 0.6) is 0 Å². The molecule has 5 nitrogen and oxygen atoms in total. The van der Waals surface area contributed by atoms with Crippen LogP contribution in [0.4, 0.5) is 0 Å². The van der Waals surface area contributed by atoms with Gasteiger partial charge in [0.05, 0.1) is 5.69 Å². The van der Waals surface area contributed by atoms with Gasteiger partial charge < -0.3 is 9.52 Å². The Morgan fingerprint density at radius 2 is 2.17 bits per heavy atom. The predicted molar refractivity (Wildman–Crippen MR) is 91.8 cm³/mol. The first-order valence-electron chi connectivity index (χ1n) is 8.24. The smallest absolute Gasteiger partial charge is 0.303 e. The highest BCUT2D eigenvalue weighted by atomic mass is 35.5. The van der Waals surface area contributed by atoms with E-state index < -0.39 is 5.97 Å². The first-order chi connectivity index (χ1) is 11.6. The Kier molecular flexibility index (Phi) is 5.53. The minimum atomic E-state index is -0.712. The largest absolute Gasteiger partial charge is 0.481 e. The van der Waals surface area contributed by atoms with Gasteiger partial charge in [-0.25, -0.2) is 4.98 Å². The van der Waals surface area contributed by atoms with E-state index in [9.17, 15) is 4.79 Å². The van der Waals surface area contributed by atoms with Crippen LogP contribution in [0.1, 0.15) is 31.4 Å². The van der Waals surface area contributed by atoms with Gasteiger partial charge in [-0.3, -0.25) is 9.69 Å². The Bertz CT molecular complexity index is 684. The molecule has 1 aromatic carbocycles. The molecule has 1 aliphatic rings. The van der Waals surface area contributed by atoms with Gasteiger partial charge in [0.1, 0.15) is 6.26 Å². The van der Waals surface area contributed by atoms with Crippen LogP contribution in [0.3, 0.4) is 0 Å². The van der Waals surface area contributed by atoms with Crippen LogP contribution < -0.4 is 0 Å². The third kappa shape index (κ3) is 4.58. The minimum Gasteiger partial charge on any atom is -0.481 e. The van der Waals surface area contributed by atoms with Gasteiger partial charge in [0.2, 0.25) is 5.89 Å². The maximum Gasteiger partial charge on any atom is 0.303 e. The number of carbonyl (C=O) groups is 1. The summed E-state index contributed by atoms with van der Waals surface area (Å²) in [5, 5.41) is 9.52. The van der Waals surface area contributed by atoms with Gasteiger partial charge in [-0.2, -0.15) is 0 Å². The lowest BCUT2D eigenvalue weighted by Gasteiger charge is -2.31. The summed E-state index contributed by atoms with van der Waals surface area (Å²) in [7, 11) is 0. The number of aromatic nitrogens is 1. The first kappa shape index (κ1) is 17.0. The van der Waals surface area contributed by atoms with Crippen LogP contribution >= 0.6 is 11.6 Å². The van der Waals surface area contributed by atoms with Crippen molar-refractivity contribution >= 4 is 17.6 Å². The Labute approximate surface area is 146 Å². The van der Waals surface area contributed by atoms with E-state index in [-0.39, 0.29) is 6.42 Å². The molecule has 2 heterocycles. The third-order valence-electron chi connectivity index (χ3n) is 4.40. The van der Waals surface area contributed by atoms with E-state index in [4.69, 9.17) is 21.1 Å². The van der Waals surface area contributed by atoms with Gasteiger partial charge in [-0.15, -0.1) is 0 Å². The number of likely N-dealkylation sites (tertiary alicyclic amines) is 1. The number of rotatable bonds is 6. The fraction of sp³-hybridized carbons (Fsp3) is 0.444. The molecule has 1 atom stereocenters. The molecule has 128 valence electrons. The fourth-order valence-corrected chi connectivity index (χ4v) is 3.32. The molecule has 2 aromatic rings. The Morgan fingerprint density at radius 1 is 1.38 bits per heavy atom. The van der Waals surface area contributed by atoms with Gasteiger partial charge in [0, 0.05) is 30.1 Å². The second kappa shape index (κ2) is 7.81. The molecule has 1 fully saturated rings. The van der Waals surface area contributed by atoms with Crippen molar-refractivity contribution in [2.24, 2.45) is 5.92 Å². The number of aliphatic carboxylic acids is 1. The van der Waals surface area contributed by atoms with Crippen molar-refractivity contribution < 1.29 is 14.3 Å². The molecule has 0 spiro atoms. The maximum atomic E-state index is 10.7. The Morgan fingerprint density at radius 3 is 2.92 bits per heavy atom. The summed E-state index contributed by atoms with van der Waals surface area (Å²) in [5.74, 6) is 0.342. The molecular weight excluding hydrogens is 328 g/mol. The van der Waals surface area contributed by atoms with E-state index in [0.717, 1.165) is 50.2 Å². The van der Waals surface area contributed by atoms with Crippen molar-refractivity contribution in [2.75, 3.05) is 13.1 Å². The molecule has 1 unspecified atom stereocenters. The first-order valence-corrected chi connectivity index (χ1v) is 8.62. The second-order valence-electron chi connectivity index (χ2n) is 6.33. The zero-order valence-corrected chi connectivity index (χ0v) is 14.2.